The number of rotatable bonds is 70. The molecule has 2 unspecified atom stereocenters. The van der Waals surface area contributed by atoms with Crippen molar-refractivity contribution in [2.75, 3.05) is 39.6 Å². The first kappa shape index (κ1) is 89.1. The highest BCUT2D eigenvalue weighted by Gasteiger charge is 2.30. The summed E-state index contributed by atoms with van der Waals surface area (Å²) in [5.74, 6) is 0.166. The number of aliphatic hydroxyl groups is 1. The fraction of sp³-hybridized carbons (Fsp3) is 0.944. The number of phosphoric acid groups is 2. The van der Waals surface area contributed by atoms with Crippen LogP contribution in [-0.2, 0) is 65.4 Å². The zero-order chi connectivity index (χ0) is 67.3. The van der Waals surface area contributed by atoms with Crippen LogP contribution in [0.3, 0.4) is 0 Å². The topological polar surface area (TPSA) is 237 Å². The molecular weight excluding hydrogens is 1200 g/mol. The molecule has 0 rings (SSSR count). The van der Waals surface area contributed by atoms with Crippen molar-refractivity contribution >= 4 is 39.5 Å². The van der Waals surface area contributed by atoms with E-state index >= 15 is 0 Å². The van der Waals surface area contributed by atoms with E-state index in [1.54, 1.807) is 0 Å². The zero-order valence-electron chi connectivity index (χ0n) is 59.3. The second kappa shape index (κ2) is 62.8. The highest BCUT2D eigenvalue weighted by atomic mass is 31.2. The van der Waals surface area contributed by atoms with E-state index in [-0.39, 0.29) is 25.7 Å². The normalized spacial score (nSPS) is 14.2. The Labute approximate surface area is 556 Å². The zero-order valence-corrected chi connectivity index (χ0v) is 61.1. The SMILES string of the molecule is CCCCCCCCCCCC(=O)OC[C@H](COP(=O)(O)OC[C@H](O)COP(=O)(O)OC[C@@H](COC(=O)CCCCCCCCCCCCC(C)C)OC(=O)CCCCCCCCCCCCCCCCC(C)C)OC(=O)CCCCCCCCCCCC(C)C. The highest BCUT2D eigenvalue weighted by Crippen LogP contribution is 2.45. The van der Waals surface area contributed by atoms with Crippen LogP contribution in [0.5, 0.6) is 0 Å². The van der Waals surface area contributed by atoms with E-state index in [9.17, 15) is 43.2 Å². The summed E-state index contributed by atoms with van der Waals surface area (Å²) in [6.45, 7) is 11.8. The number of carbonyl (C=O) groups is 4. The minimum atomic E-state index is -4.95. The van der Waals surface area contributed by atoms with Crippen LogP contribution < -0.4 is 0 Å². The Bertz CT molecular complexity index is 1780. The van der Waals surface area contributed by atoms with Gasteiger partial charge in [-0.25, -0.2) is 9.13 Å². The van der Waals surface area contributed by atoms with E-state index in [1.807, 2.05) is 0 Å². The molecular formula is C72H140O17P2. The molecule has 0 amide bonds. The average molecular weight is 1340 g/mol. The van der Waals surface area contributed by atoms with Gasteiger partial charge in [-0.1, -0.05) is 312 Å². The van der Waals surface area contributed by atoms with Crippen molar-refractivity contribution in [3.63, 3.8) is 0 Å². The molecule has 0 spiro atoms. The van der Waals surface area contributed by atoms with Crippen molar-refractivity contribution in [3.8, 4) is 0 Å². The molecule has 91 heavy (non-hydrogen) atoms. The molecule has 0 aromatic carbocycles. The summed E-state index contributed by atoms with van der Waals surface area (Å²) in [5, 5.41) is 10.6. The van der Waals surface area contributed by atoms with Crippen LogP contribution in [-0.4, -0.2) is 96.7 Å². The van der Waals surface area contributed by atoms with Gasteiger partial charge in [0.25, 0.3) is 0 Å². The van der Waals surface area contributed by atoms with E-state index in [1.165, 1.54) is 173 Å². The third-order valence-corrected chi connectivity index (χ3v) is 18.5. The van der Waals surface area contributed by atoms with E-state index in [4.69, 9.17) is 37.0 Å². The lowest BCUT2D eigenvalue weighted by Gasteiger charge is -2.21. The van der Waals surface area contributed by atoms with Gasteiger partial charge in [0, 0.05) is 25.7 Å². The van der Waals surface area contributed by atoms with Crippen LogP contribution in [0.15, 0.2) is 0 Å². The van der Waals surface area contributed by atoms with Crippen molar-refractivity contribution in [3.05, 3.63) is 0 Å². The standard InChI is InChI=1S/C72H140O17P2/c1-8-9-10-11-12-22-32-39-46-53-69(74)82-59-67(89-72(77)56-49-42-35-28-21-25-31-38-45-52-65(6)7)61-86-90(78,79)84-57-66(73)58-85-91(80,81)87-62-68(60-83-70(75)54-47-40-33-26-20-19-24-30-37-44-51-64(4)5)88-71(76)55-48-41-34-27-18-16-14-13-15-17-23-29-36-43-50-63(2)3/h63-68,73H,8-62H2,1-7H3,(H,78,79)(H,80,81)/t66-,67+,68+/m0/s1. The number of phosphoric ester groups is 2. The predicted molar refractivity (Wildman–Crippen MR) is 368 cm³/mol. The smallest absolute Gasteiger partial charge is 0.462 e. The lowest BCUT2D eigenvalue weighted by Crippen LogP contribution is -2.30. The Balaban J connectivity index is 5.24. The van der Waals surface area contributed by atoms with E-state index in [0.29, 0.717) is 25.7 Å². The largest absolute Gasteiger partial charge is 0.472 e. The van der Waals surface area contributed by atoms with Crippen molar-refractivity contribution in [1.29, 1.82) is 0 Å². The molecule has 0 aliphatic heterocycles. The monoisotopic (exact) mass is 1340 g/mol. The number of ether oxygens (including phenoxy) is 4. The maximum absolute atomic E-state index is 13.0. The van der Waals surface area contributed by atoms with Crippen LogP contribution in [0.2, 0.25) is 0 Å². The lowest BCUT2D eigenvalue weighted by molar-refractivity contribution is -0.161. The molecule has 0 aromatic heterocycles. The maximum atomic E-state index is 13.0. The quantitative estimate of drug-likeness (QED) is 0.0222. The predicted octanol–water partition coefficient (Wildman–Crippen LogP) is 20.6. The molecule has 0 aliphatic carbocycles. The van der Waals surface area contributed by atoms with Gasteiger partial charge in [-0.05, 0) is 43.4 Å². The first-order valence-electron chi connectivity index (χ1n) is 37.3. The van der Waals surface area contributed by atoms with Crippen LogP contribution in [0.25, 0.3) is 0 Å². The van der Waals surface area contributed by atoms with Crippen LogP contribution >= 0.6 is 15.6 Å². The molecule has 0 saturated carbocycles. The Kier molecular flexibility index (Phi) is 61.5. The lowest BCUT2D eigenvalue weighted by atomic mass is 10.0. The fourth-order valence-corrected chi connectivity index (χ4v) is 12.5. The highest BCUT2D eigenvalue weighted by molar-refractivity contribution is 7.47. The van der Waals surface area contributed by atoms with Gasteiger partial charge in [-0.3, -0.25) is 37.3 Å². The molecule has 0 fully saturated rings. The van der Waals surface area contributed by atoms with Crippen molar-refractivity contribution in [1.82, 2.24) is 0 Å². The molecule has 0 aliphatic rings. The summed E-state index contributed by atoms with van der Waals surface area (Å²) < 4.78 is 68.3. The van der Waals surface area contributed by atoms with Crippen LogP contribution in [0.1, 0.15) is 363 Å². The van der Waals surface area contributed by atoms with Gasteiger partial charge in [0.1, 0.15) is 19.3 Å². The number of hydrogen-bond donors (Lipinski definition) is 3. The van der Waals surface area contributed by atoms with E-state index < -0.39 is 97.5 Å². The Morgan fingerprint density at radius 1 is 0.297 bits per heavy atom. The minimum absolute atomic E-state index is 0.105. The van der Waals surface area contributed by atoms with Gasteiger partial charge in [0.15, 0.2) is 12.2 Å². The molecule has 0 heterocycles. The minimum Gasteiger partial charge on any atom is -0.462 e. The van der Waals surface area contributed by atoms with Gasteiger partial charge < -0.3 is 33.8 Å². The van der Waals surface area contributed by atoms with E-state index in [2.05, 4.69) is 48.5 Å². The summed E-state index contributed by atoms with van der Waals surface area (Å²) in [7, 11) is -9.90. The van der Waals surface area contributed by atoms with Crippen molar-refractivity contribution in [2.24, 2.45) is 17.8 Å². The molecule has 3 N–H and O–H groups in total. The number of esters is 4. The first-order valence-corrected chi connectivity index (χ1v) is 40.3. The third-order valence-electron chi connectivity index (χ3n) is 16.6. The molecule has 19 heteroatoms. The van der Waals surface area contributed by atoms with Gasteiger partial charge in [0.2, 0.25) is 0 Å². The fourth-order valence-electron chi connectivity index (χ4n) is 10.9. The van der Waals surface area contributed by atoms with Gasteiger partial charge in [0.05, 0.1) is 26.4 Å². The second-order valence-electron chi connectivity index (χ2n) is 27.4. The molecule has 0 saturated heterocycles. The molecule has 0 aromatic rings. The molecule has 17 nitrogen and oxygen atoms in total. The van der Waals surface area contributed by atoms with Gasteiger partial charge in [-0.15, -0.1) is 0 Å². The summed E-state index contributed by atoms with van der Waals surface area (Å²) in [4.78, 5) is 72.6. The second-order valence-corrected chi connectivity index (χ2v) is 30.3. The Morgan fingerprint density at radius 3 is 0.747 bits per heavy atom. The molecule has 540 valence electrons. The summed E-state index contributed by atoms with van der Waals surface area (Å²) in [6, 6.07) is 0. The van der Waals surface area contributed by atoms with E-state index in [0.717, 1.165) is 108 Å². The first-order chi connectivity index (χ1) is 43.7. The van der Waals surface area contributed by atoms with Gasteiger partial charge >= 0.3 is 39.5 Å². The Hall–Kier alpha value is -1.94. The van der Waals surface area contributed by atoms with Crippen LogP contribution in [0, 0.1) is 17.8 Å². The average Bonchev–Trinajstić information content (AvgIpc) is 3.62. The summed E-state index contributed by atoms with van der Waals surface area (Å²) >= 11 is 0. The van der Waals surface area contributed by atoms with Crippen molar-refractivity contribution < 1.29 is 80.2 Å². The maximum Gasteiger partial charge on any atom is 0.472 e. The number of unbranched alkanes of at least 4 members (excludes halogenated alkanes) is 38. The van der Waals surface area contributed by atoms with Gasteiger partial charge in [-0.2, -0.15) is 0 Å². The van der Waals surface area contributed by atoms with Crippen molar-refractivity contribution in [2.45, 2.75) is 381 Å². The third kappa shape index (κ3) is 66.5. The number of hydrogen-bond acceptors (Lipinski definition) is 15. The molecule has 0 radical (unpaired) electrons. The number of aliphatic hydroxyl groups excluding tert-OH is 1. The number of carbonyl (C=O) groups excluding carboxylic acids is 4. The molecule has 0 bridgehead atoms. The Morgan fingerprint density at radius 2 is 0.505 bits per heavy atom. The summed E-state index contributed by atoms with van der Waals surface area (Å²) in [6.07, 6.45) is 47.2. The summed E-state index contributed by atoms with van der Waals surface area (Å²) in [5.41, 5.74) is 0. The van der Waals surface area contributed by atoms with Crippen LogP contribution in [0.4, 0.5) is 0 Å². The molecule has 5 atom stereocenters.